The van der Waals surface area contributed by atoms with Crippen LogP contribution in [0.2, 0.25) is 0 Å². The number of aliphatic carboxylic acids is 1. The predicted molar refractivity (Wildman–Crippen MR) is 143 cm³/mol. The van der Waals surface area contributed by atoms with Crippen molar-refractivity contribution in [1.29, 1.82) is 0 Å². The van der Waals surface area contributed by atoms with Crippen molar-refractivity contribution in [2.45, 2.75) is 77.5 Å². The van der Waals surface area contributed by atoms with Crippen LogP contribution < -0.4 is 21.7 Å². The maximum absolute atomic E-state index is 13.3. The van der Waals surface area contributed by atoms with Gasteiger partial charge in [0.15, 0.2) is 0 Å². The first-order chi connectivity index (χ1) is 18.0. The Kier molecular flexibility index (Phi) is 11.9. The van der Waals surface area contributed by atoms with E-state index in [-0.39, 0.29) is 24.7 Å². The molecular formula is C27H40N6O5. The SMILES string of the molecule is CC(C)CC(N)C(=O)NC(CC(C)C)C(=O)NC(Cc1cnc[nH]1)C(=O)NC(Cc1ccccc1)C(=O)O. The van der Waals surface area contributed by atoms with Crippen LogP contribution in [-0.2, 0) is 32.0 Å². The molecular weight excluding hydrogens is 488 g/mol. The number of carbonyl (C=O) groups excluding carboxylic acids is 3. The minimum Gasteiger partial charge on any atom is -0.480 e. The molecule has 2 rings (SSSR count). The number of imidazole rings is 1. The van der Waals surface area contributed by atoms with Crippen molar-refractivity contribution in [2.24, 2.45) is 17.6 Å². The van der Waals surface area contributed by atoms with Gasteiger partial charge >= 0.3 is 5.97 Å². The number of benzene rings is 1. The van der Waals surface area contributed by atoms with E-state index in [0.717, 1.165) is 5.56 Å². The number of aromatic amines is 1. The highest BCUT2D eigenvalue weighted by atomic mass is 16.4. The van der Waals surface area contributed by atoms with Gasteiger partial charge in [0.25, 0.3) is 0 Å². The molecule has 0 fully saturated rings. The minimum atomic E-state index is -1.20. The van der Waals surface area contributed by atoms with E-state index < -0.39 is 47.9 Å². The molecule has 1 aromatic heterocycles. The van der Waals surface area contributed by atoms with Crippen LogP contribution >= 0.6 is 0 Å². The zero-order chi connectivity index (χ0) is 28.2. The van der Waals surface area contributed by atoms with Gasteiger partial charge in [0.2, 0.25) is 17.7 Å². The molecule has 0 aliphatic heterocycles. The summed E-state index contributed by atoms with van der Waals surface area (Å²) in [6.07, 6.45) is 3.88. The second-order valence-electron chi connectivity index (χ2n) is 10.4. The van der Waals surface area contributed by atoms with Gasteiger partial charge < -0.3 is 31.8 Å². The molecule has 4 unspecified atom stereocenters. The summed E-state index contributed by atoms with van der Waals surface area (Å²) >= 11 is 0. The quantitative estimate of drug-likeness (QED) is 0.201. The molecule has 208 valence electrons. The average Bonchev–Trinajstić information content (AvgIpc) is 3.35. The maximum Gasteiger partial charge on any atom is 0.326 e. The van der Waals surface area contributed by atoms with Crippen LogP contribution in [0.1, 0.15) is 51.8 Å². The van der Waals surface area contributed by atoms with Gasteiger partial charge in [-0.15, -0.1) is 0 Å². The van der Waals surface area contributed by atoms with Crippen molar-refractivity contribution in [3.05, 3.63) is 54.1 Å². The topological polar surface area (TPSA) is 179 Å². The lowest BCUT2D eigenvalue weighted by Crippen LogP contribution is -2.58. The number of amides is 3. The number of nitrogens with one attached hydrogen (secondary N) is 4. The molecule has 3 amide bonds. The first-order valence-corrected chi connectivity index (χ1v) is 12.9. The molecule has 2 aromatic rings. The Hall–Kier alpha value is -3.73. The average molecular weight is 529 g/mol. The largest absolute Gasteiger partial charge is 0.480 e. The van der Waals surface area contributed by atoms with Gasteiger partial charge in [-0.1, -0.05) is 58.0 Å². The third-order valence-electron chi connectivity index (χ3n) is 5.91. The van der Waals surface area contributed by atoms with Gasteiger partial charge in [0.05, 0.1) is 12.4 Å². The van der Waals surface area contributed by atoms with Gasteiger partial charge in [0, 0.05) is 24.7 Å². The molecule has 0 aliphatic carbocycles. The lowest BCUT2D eigenvalue weighted by Gasteiger charge is -2.26. The smallest absolute Gasteiger partial charge is 0.326 e. The van der Waals surface area contributed by atoms with E-state index in [1.807, 2.05) is 33.8 Å². The van der Waals surface area contributed by atoms with Crippen LogP contribution in [-0.4, -0.2) is 62.9 Å². The molecule has 0 radical (unpaired) electrons. The molecule has 0 bridgehead atoms. The van der Waals surface area contributed by atoms with Crippen LogP contribution in [0, 0.1) is 11.8 Å². The fourth-order valence-electron chi connectivity index (χ4n) is 4.02. The van der Waals surface area contributed by atoms with Gasteiger partial charge in [0.1, 0.15) is 18.1 Å². The number of H-pyrrole nitrogens is 1. The van der Waals surface area contributed by atoms with Gasteiger partial charge in [-0.05, 0) is 30.2 Å². The molecule has 11 heteroatoms. The van der Waals surface area contributed by atoms with Crippen LogP contribution in [0.5, 0.6) is 0 Å². The Morgan fingerprint density at radius 2 is 1.42 bits per heavy atom. The standard InChI is InChI=1S/C27H40N6O5/c1-16(2)10-20(28)24(34)31-21(11-17(3)4)25(35)32-22(13-19-14-29-15-30-19)26(36)33-23(27(37)38)12-18-8-6-5-7-9-18/h5-9,14-17,20-23H,10-13,28H2,1-4H3,(H,29,30)(H,31,34)(H,32,35)(H,33,36)(H,37,38). The number of carboxylic acids is 1. The first kappa shape index (κ1) is 30.5. The number of hydrogen-bond donors (Lipinski definition) is 6. The Bertz CT molecular complexity index is 1040. The fourth-order valence-corrected chi connectivity index (χ4v) is 4.02. The third-order valence-corrected chi connectivity index (χ3v) is 5.91. The Labute approximate surface area is 223 Å². The summed E-state index contributed by atoms with van der Waals surface area (Å²) in [5.41, 5.74) is 7.32. The molecule has 4 atom stereocenters. The highest BCUT2D eigenvalue weighted by Gasteiger charge is 2.31. The second-order valence-corrected chi connectivity index (χ2v) is 10.4. The van der Waals surface area contributed by atoms with E-state index in [1.165, 1.54) is 12.5 Å². The minimum absolute atomic E-state index is 0.0461. The Balaban J connectivity index is 2.20. The Morgan fingerprint density at radius 3 is 1.97 bits per heavy atom. The third kappa shape index (κ3) is 10.3. The maximum atomic E-state index is 13.3. The molecule has 0 aliphatic rings. The zero-order valence-electron chi connectivity index (χ0n) is 22.4. The molecule has 38 heavy (non-hydrogen) atoms. The zero-order valence-corrected chi connectivity index (χ0v) is 22.4. The molecule has 7 N–H and O–H groups in total. The number of carboxylic acid groups (broad SMARTS) is 1. The van der Waals surface area contributed by atoms with E-state index in [1.54, 1.807) is 24.3 Å². The van der Waals surface area contributed by atoms with Crippen molar-refractivity contribution in [3.8, 4) is 0 Å². The molecule has 0 saturated carbocycles. The van der Waals surface area contributed by atoms with Gasteiger partial charge in [-0.25, -0.2) is 9.78 Å². The van der Waals surface area contributed by atoms with E-state index in [9.17, 15) is 24.3 Å². The predicted octanol–water partition coefficient (Wildman–Crippen LogP) is 1.15. The van der Waals surface area contributed by atoms with E-state index >= 15 is 0 Å². The number of carbonyl (C=O) groups is 4. The molecule has 1 heterocycles. The van der Waals surface area contributed by atoms with E-state index in [0.29, 0.717) is 18.5 Å². The summed E-state index contributed by atoms with van der Waals surface area (Å²) < 4.78 is 0. The number of nitrogens with two attached hydrogens (primary N) is 1. The van der Waals surface area contributed by atoms with Crippen molar-refractivity contribution in [2.75, 3.05) is 0 Å². The van der Waals surface area contributed by atoms with Gasteiger partial charge in [-0.3, -0.25) is 14.4 Å². The first-order valence-electron chi connectivity index (χ1n) is 12.9. The van der Waals surface area contributed by atoms with Crippen molar-refractivity contribution in [1.82, 2.24) is 25.9 Å². The van der Waals surface area contributed by atoms with E-state index in [4.69, 9.17) is 5.73 Å². The van der Waals surface area contributed by atoms with Crippen LogP contribution in [0.25, 0.3) is 0 Å². The van der Waals surface area contributed by atoms with Crippen LogP contribution in [0.3, 0.4) is 0 Å². The summed E-state index contributed by atoms with van der Waals surface area (Å²) in [4.78, 5) is 58.0. The summed E-state index contributed by atoms with van der Waals surface area (Å²) in [6, 6.07) is 4.93. The second kappa shape index (κ2) is 14.9. The van der Waals surface area contributed by atoms with Crippen molar-refractivity contribution >= 4 is 23.7 Å². The lowest BCUT2D eigenvalue weighted by atomic mass is 10.00. The lowest BCUT2D eigenvalue weighted by molar-refractivity contribution is -0.142. The monoisotopic (exact) mass is 528 g/mol. The number of hydrogen-bond acceptors (Lipinski definition) is 6. The number of nitrogens with zero attached hydrogens (tertiary/aromatic N) is 1. The fraction of sp³-hybridized carbons (Fsp3) is 0.519. The van der Waals surface area contributed by atoms with Crippen LogP contribution in [0.15, 0.2) is 42.9 Å². The highest BCUT2D eigenvalue weighted by molar-refractivity contribution is 5.94. The molecule has 1 aromatic carbocycles. The van der Waals surface area contributed by atoms with Crippen LogP contribution in [0.4, 0.5) is 0 Å². The summed E-state index contributed by atoms with van der Waals surface area (Å²) in [5, 5.41) is 17.7. The van der Waals surface area contributed by atoms with Crippen molar-refractivity contribution < 1.29 is 24.3 Å². The van der Waals surface area contributed by atoms with Gasteiger partial charge in [-0.2, -0.15) is 0 Å². The highest BCUT2D eigenvalue weighted by Crippen LogP contribution is 2.10. The molecule has 11 nitrogen and oxygen atoms in total. The Morgan fingerprint density at radius 1 is 0.842 bits per heavy atom. The normalized spacial score (nSPS) is 14.4. The summed E-state index contributed by atoms with van der Waals surface area (Å²) in [5.74, 6) is -2.59. The molecule has 0 spiro atoms. The van der Waals surface area contributed by atoms with Crippen molar-refractivity contribution in [3.63, 3.8) is 0 Å². The summed E-state index contributed by atoms with van der Waals surface area (Å²) in [7, 11) is 0. The number of aromatic nitrogens is 2. The number of rotatable bonds is 15. The molecule has 0 saturated heterocycles. The summed E-state index contributed by atoms with van der Waals surface area (Å²) in [6.45, 7) is 7.73. The van der Waals surface area contributed by atoms with E-state index in [2.05, 4.69) is 25.9 Å².